The molecule has 0 saturated heterocycles. The predicted molar refractivity (Wildman–Crippen MR) is 101 cm³/mol. The van der Waals surface area contributed by atoms with E-state index in [9.17, 15) is 4.79 Å². The molecule has 2 aromatic carbocycles. The number of carbonyl (C=O) groups is 1. The molecule has 0 bridgehead atoms. The van der Waals surface area contributed by atoms with E-state index in [1.807, 2.05) is 36.4 Å². The average Bonchev–Trinajstić information content (AvgIpc) is 2.61. The second-order valence-electron chi connectivity index (χ2n) is 4.75. The van der Waals surface area contributed by atoms with Crippen LogP contribution in [0, 0.1) is 0 Å². The summed E-state index contributed by atoms with van der Waals surface area (Å²) in [6.45, 7) is 4.10. The molecular weight excluding hydrogens is 324 g/mol. The molecule has 0 aliphatic carbocycles. The first-order valence-corrected chi connectivity index (χ1v) is 9.20. The van der Waals surface area contributed by atoms with E-state index in [-0.39, 0.29) is 6.03 Å². The summed E-state index contributed by atoms with van der Waals surface area (Å²) < 4.78 is 1.71. The summed E-state index contributed by atoms with van der Waals surface area (Å²) in [5, 5.41) is 2.83. The molecule has 0 atom stereocenters. The van der Waals surface area contributed by atoms with E-state index in [2.05, 4.69) is 36.2 Å². The van der Waals surface area contributed by atoms with Crippen LogP contribution in [0.3, 0.4) is 0 Å². The topological polar surface area (TPSA) is 32.3 Å². The van der Waals surface area contributed by atoms with Crippen LogP contribution in [0.5, 0.6) is 0 Å². The summed E-state index contributed by atoms with van der Waals surface area (Å²) in [5.74, 6) is 1.51. The van der Waals surface area contributed by atoms with Gasteiger partial charge in [0.15, 0.2) is 0 Å². The molecule has 0 aromatic heterocycles. The Bertz CT molecular complexity index is 561. The van der Waals surface area contributed by atoms with E-state index in [0.717, 1.165) is 11.5 Å². The number of benzene rings is 2. The Morgan fingerprint density at radius 1 is 0.957 bits per heavy atom. The highest BCUT2D eigenvalue weighted by Crippen LogP contribution is 2.28. The number of amides is 2. The Morgan fingerprint density at radius 2 is 1.43 bits per heavy atom. The summed E-state index contributed by atoms with van der Waals surface area (Å²) in [6, 6.07) is 20.2. The van der Waals surface area contributed by atoms with Crippen molar-refractivity contribution in [1.29, 1.82) is 0 Å². The van der Waals surface area contributed by atoms with E-state index < -0.39 is 0 Å². The zero-order valence-corrected chi connectivity index (χ0v) is 14.5. The predicted octanol–water partition coefficient (Wildman–Crippen LogP) is 4.88. The molecule has 120 valence electrons. The Labute approximate surface area is 146 Å². The van der Waals surface area contributed by atoms with Gasteiger partial charge < -0.3 is 5.32 Å². The molecule has 1 N–H and O–H groups in total. The molecule has 0 unspecified atom stereocenters. The molecule has 5 heteroatoms. The third kappa shape index (κ3) is 6.42. The first kappa shape index (κ1) is 17.5. The molecule has 2 rings (SSSR count). The lowest BCUT2D eigenvalue weighted by molar-refractivity contribution is 0.239. The lowest BCUT2D eigenvalue weighted by Crippen LogP contribution is -2.31. The van der Waals surface area contributed by atoms with Crippen molar-refractivity contribution in [2.75, 3.05) is 6.54 Å². The Morgan fingerprint density at radius 3 is 1.87 bits per heavy atom. The molecule has 2 amide bonds. The monoisotopic (exact) mass is 344 g/mol. The van der Waals surface area contributed by atoms with Crippen LogP contribution >= 0.6 is 23.9 Å². The highest BCUT2D eigenvalue weighted by Gasteiger charge is 2.14. The lowest BCUT2D eigenvalue weighted by Gasteiger charge is -2.20. The van der Waals surface area contributed by atoms with E-state index in [1.54, 1.807) is 9.79 Å². The van der Waals surface area contributed by atoms with Gasteiger partial charge in [0.25, 0.3) is 0 Å². The van der Waals surface area contributed by atoms with Gasteiger partial charge in [-0.15, -0.1) is 6.58 Å². The summed E-state index contributed by atoms with van der Waals surface area (Å²) in [4.78, 5) is 12.3. The van der Waals surface area contributed by atoms with Crippen LogP contribution in [0.2, 0.25) is 0 Å². The Hall–Kier alpha value is -1.85. The summed E-state index contributed by atoms with van der Waals surface area (Å²) in [5.41, 5.74) is 2.39. The van der Waals surface area contributed by atoms with Crippen LogP contribution in [-0.2, 0) is 11.5 Å². The van der Waals surface area contributed by atoms with E-state index in [4.69, 9.17) is 0 Å². The number of nitrogens with zero attached hydrogens (tertiary/aromatic N) is 1. The van der Waals surface area contributed by atoms with Crippen LogP contribution in [0.4, 0.5) is 4.79 Å². The third-order valence-corrected chi connectivity index (χ3v) is 5.30. The zero-order chi connectivity index (χ0) is 16.3. The minimum absolute atomic E-state index is 0.105. The van der Waals surface area contributed by atoms with Crippen molar-refractivity contribution in [3.05, 3.63) is 84.4 Å². The fraction of sp³-hybridized carbons (Fsp3) is 0.167. The summed E-state index contributed by atoms with van der Waals surface area (Å²) in [7, 11) is 0. The molecule has 0 saturated carbocycles. The maximum Gasteiger partial charge on any atom is 0.338 e. The van der Waals surface area contributed by atoms with E-state index in [1.165, 1.54) is 35.0 Å². The van der Waals surface area contributed by atoms with Gasteiger partial charge in [0.05, 0.1) is 0 Å². The highest BCUT2D eigenvalue weighted by atomic mass is 32.2. The van der Waals surface area contributed by atoms with Gasteiger partial charge in [-0.2, -0.15) is 0 Å². The minimum atomic E-state index is -0.105. The summed E-state index contributed by atoms with van der Waals surface area (Å²) in [6.07, 6.45) is 1.68. The van der Waals surface area contributed by atoms with Gasteiger partial charge in [0.2, 0.25) is 0 Å². The second-order valence-corrected chi connectivity index (χ2v) is 6.81. The molecule has 0 heterocycles. The van der Waals surface area contributed by atoms with Crippen LogP contribution in [0.1, 0.15) is 11.1 Å². The van der Waals surface area contributed by atoms with E-state index >= 15 is 0 Å². The van der Waals surface area contributed by atoms with Gasteiger partial charge in [-0.25, -0.2) is 8.51 Å². The number of carbonyl (C=O) groups excluding carboxylic acids is 1. The normalized spacial score (nSPS) is 10.1. The smallest absolute Gasteiger partial charge is 0.333 e. The van der Waals surface area contributed by atoms with Crippen LogP contribution in [0.25, 0.3) is 0 Å². The van der Waals surface area contributed by atoms with Gasteiger partial charge in [0, 0.05) is 18.1 Å². The SMILES string of the molecule is C=CCNC(=O)N(SCc1ccccc1)SCc1ccccc1. The molecule has 23 heavy (non-hydrogen) atoms. The maximum atomic E-state index is 12.3. The maximum absolute atomic E-state index is 12.3. The van der Waals surface area contributed by atoms with Crippen LogP contribution < -0.4 is 5.32 Å². The Kier molecular flexibility index (Phi) is 7.63. The minimum Gasteiger partial charge on any atom is -0.333 e. The molecule has 0 radical (unpaired) electrons. The zero-order valence-electron chi connectivity index (χ0n) is 12.9. The van der Waals surface area contributed by atoms with Crippen molar-refractivity contribution in [3.63, 3.8) is 0 Å². The molecule has 0 spiro atoms. The molecule has 0 aliphatic heterocycles. The lowest BCUT2D eigenvalue weighted by atomic mass is 10.2. The number of nitrogens with one attached hydrogen (secondary N) is 1. The van der Waals surface area contributed by atoms with Crippen LogP contribution in [0.15, 0.2) is 73.3 Å². The van der Waals surface area contributed by atoms with Crippen molar-refractivity contribution in [1.82, 2.24) is 9.03 Å². The first-order valence-electron chi connectivity index (χ1n) is 7.32. The van der Waals surface area contributed by atoms with Gasteiger partial charge in [0.1, 0.15) is 0 Å². The second kappa shape index (κ2) is 10.0. The molecular formula is C18H20N2OS2. The largest absolute Gasteiger partial charge is 0.338 e. The van der Waals surface area contributed by atoms with Gasteiger partial charge >= 0.3 is 6.03 Å². The van der Waals surface area contributed by atoms with Gasteiger partial charge in [-0.05, 0) is 35.0 Å². The number of hydrogen-bond donors (Lipinski definition) is 1. The highest BCUT2D eigenvalue weighted by molar-refractivity contribution is 8.12. The van der Waals surface area contributed by atoms with Crippen LogP contribution in [-0.4, -0.2) is 16.3 Å². The number of rotatable bonds is 8. The summed E-state index contributed by atoms with van der Waals surface area (Å²) >= 11 is 3.00. The molecule has 2 aromatic rings. The van der Waals surface area contributed by atoms with Crippen molar-refractivity contribution in [3.8, 4) is 0 Å². The quantitative estimate of drug-likeness (QED) is 0.547. The Balaban J connectivity index is 1.93. The van der Waals surface area contributed by atoms with E-state index in [0.29, 0.717) is 6.54 Å². The average molecular weight is 345 g/mol. The fourth-order valence-corrected chi connectivity index (χ4v) is 3.69. The number of urea groups is 1. The molecule has 0 aliphatic rings. The van der Waals surface area contributed by atoms with Crippen molar-refractivity contribution < 1.29 is 4.79 Å². The van der Waals surface area contributed by atoms with Gasteiger partial charge in [-0.1, -0.05) is 66.7 Å². The fourth-order valence-electron chi connectivity index (χ4n) is 1.79. The van der Waals surface area contributed by atoms with Crippen molar-refractivity contribution in [2.24, 2.45) is 0 Å². The molecule has 0 fully saturated rings. The van der Waals surface area contributed by atoms with Crippen molar-refractivity contribution >= 4 is 29.9 Å². The third-order valence-electron chi connectivity index (χ3n) is 2.95. The van der Waals surface area contributed by atoms with Crippen molar-refractivity contribution in [2.45, 2.75) is 11.5 Å². The van der Waals surface area contributed by atoms with Gasteiger partial charge in [-0.3, -0.25) is 0 Å². The molecule has 3 nitrogen and oxygen atoms in total. The standard InChI is InChI=1S/C18H20N2OS2/c1-2-13-19-18(21)20(22-14-16-9-5-3-6-10-16)23-15-17-11-7-4-8-12-17/h2-12H,1,13-15H2,(H,19,21). The first-order chi connectivity index (χ1) is 11.3. The number of hydrogen-bond acceptors (Lipinski definition) is 3.